The molecule has 2 aromatic rings. The molecule has 1 aliphatic heterocycles. The van der Waals surface area contributed by atoms with E-state index in [2.05, 4.69) is 20.6 Å². The third kappa shape index (κ3) is 4.51. The second-order valence-corrected chi connectivity index (χ2v) is 5.81. The van der Waals surface area contributed by atoms with Gasteiger partial charge in [0.15, 0.2) is 5.89 Å². The zero-order chi connectivity index (χ0) is 16.4. The standard InChI is InChI=1S/C17H22N4O2.2ClH/c1-4-15-21-11(3)16(23-15)17(22)20-9-14-10(2)19-8-12-7-18-6-5-13(12)14;;/h8,18H,4-7,9H2,1-3H3,(H,20,22);2*1H. The molecule has 0 unspecified atom stereocenters. The molecule has 0 saturated heterocycles. The van der Waals surface area contributed by atoms with Crippen molar-refractivity contribution in [3.05, 3.63) is 45.9 Å². The summed E-state index contributed by atoms with van der Waals surface area (Å²) in [7, 11) is 0. The van der Waals surface area contributed by atoms with Gasteiger partial charge < -0.3 is 15.1 Å². The van der Waals surface area contributed by atoms with Crippen molar-refractivity contribution in [2.75, 3.05) is 6.54 Å². The van der Waals surface area contributed by atoms with E-state index in [1.807, 2.05) is 20.0 Å². The molecule has 1 amide bonds. The number of halogens is 2. The van der Waals surface area contributed by atoms with Gasteiger partial charge in [-0.1, -0.05) is 6.92 Å². The molecule has 0 atom stereocenters. The van der Waals surface area contributed by atoms with Crippen LogP contribution in [0.15, 0.2) is 10.6 Å². The molecular weight excluding hydrogens is 363 g/mol. The number of pyridine rings is 1. The van der Waals surface area contributed by atoms with Crippen LogP contribution >= 0.6 is 24.8 Å². The van der Waals surface area contributed by atoms with Crippen LogP contribution < -0.4 is 10.6 Å². The van der Waals surface area contributed by atoms with Crippen molar-refractivity contribution in [1.82, 2.24) is 20.6 Å². The summed E-state index contributed by atoms with van der Waals surface area (Å²) in [6, 6.07) is 0. The van der Waals surface area contributed by atoms with Gasteiger partial charge in [0.2, 0.25) is 5.76 Å². The van der Waals surface area contributed by atoms with Gasteiger partial charge in [-0.2, -0.15) is 0 Å². The van der Waals surface area contributed by atoms with E-state index in [1.54, 1.807) is 6.92 Å². The van der Waals surface area contributed by atoms with E-state index in [1.165, 1.54) is 11.1 Å². The van der Waals surface area contributed by atoms with Crippen molar-refractivity contribution < 1.29 is 9.21 Å². The molecule has 3 heterocycles. The Morgan fingerprint density at radius 1 is 1.32 bits per heavy atom. The first-order chi connectivity index (χ1) is 11.1. The molecule has 1 aliphatic rings. The van der Waals surface area contributed by atoms with Crippen LogP contribution in [-0.4, -0.2) is 22.4 Å². The minimum absolute atomic E-state index is 0. The highest BCUT2D eigenvalue weighted by Crippen LogP contribution is 2.20. The van der Waals surface area contributed by atoms with Crippen LogP contribution in [-0.2, 0) is 25.9 Å². The van der Waals surface area contributed by atoms with Crippen molar-refractivity contribution in [3.8, 4) is 0 Å². The number of carbonyl (C=O) groups excluding carboxylic acids is 1. The van der Waals surface area contributed by atoms with E-state index in [9.17, 15) is 4.79 Å². The summed E-state index contributed by atoms with van der Waals surface area (Å²) in [4.78, 5) is 21.1. The fourth-order valence-electron chi connectivity index (χ4n) is 2.94. The molecule has 0 fully saturated rings. The summed E-state index contributed by atoms with van der Waals surface area (Å²) >= 11 is 0. The minimum atomic E-state index is -0.222. The van der Waals surface area contributed by atoms with Gasteiger partial charge in [0.1, 0.15) is 0 Å². The number of nitrogens with one attached hydrogen (secondary N) is 2. The first-order valence-corrected chi connectivity index (χ1v) is 8.01. The molecule has 8 heteroatoms. The van der Waals surface area contributed by atoms with E-state index in [0.29, 0.717) is 30.3 Å². The van der Waals surface area contributed by atoms with Crippen molar-refractivity contribution in [3.63, 3.8) is 0 Å². The maximum atomic E-state index is 12.4. The Bertz CT molecular complexity index is 746. The lowest BCUT2D eigenvalue weighted by atomic mass is 9.96. The van der Waals surface area contributed by atoms with Gasteiger partial charge in [-0.25, -0.2) is 4.98 Å². The summed E-state index contributed by atoms with van der Waals surface area (Å²) in [6.45, 7) is 7.98. The number of hydrogen-bond acceptors (Lipinski definition) is 5. The average Bonchev–Trinajstić information content (AvgIpc) is 2.95. The van der Waals surface area contributed by atoms with Crippen molar-refractivity contribution in [1.29, 1.82) is 0 Å². The highest BCUT2D eigenvalue weighted by Gasteiger charge is 2.19. The Labute approximate surface area is 160 Å². The first-order valence-electron chi connectivity index (χ1n) is 8.01. The van der Waals surface area contributed by atoms with Gasteiger partial charge in [0.05, 0.1) is 5.69 Å². The topological polar surface area (TPSA) is 80.0 Å². The number of hydrogen-bond donors (Lipinski definition) is 2. The Balaban J connectivity index is 0.00000156. The third-order valence-electron chi connectivity index (χ3n) is 4.25. The molecule has 0 saturated carbocycles. The largest absolute Gasteiger partial charge is 0.435 e. The van der Waals surface area contributed by atoms with Crippen LogP contribution in [0.2, 0.25) is 0 Å². The molecule has 25 heavy (non-hydrogen) atoms. The predicted octanol–water partition coefficient (Wildman–Crippen LogP) is 2.67. The Kier molecular flexibility index (Phi) is 7.86. The normalized spacial score (nSPS) is 12.6. The molecule has 2 N–H and O–H groups in total. The summed E-state index contributed by atoms with van der Waals surface area (Å²) < 4.78 is 5.51. The van der Waals surface area contributed by atoms with Crippen molar-refractivity contribution in [2.45, 2.75) is 46.7 Å². The monoisotopic (exact) mass is 386 g/mol. The van der Waals surface area contributed by atoms with Crippen LogP contribution in [0.3, 0.4) is 0 Å². The summed E-state index contributed by atoms with van der Waals surface area (Å²) in [5.41, 5.74) is 5.24. The number of aryl methyl sites for hydroxylation is 3. The molecule has 0 bridgehead atoms. The summed E-state index contributed by atoms with van der Waals surface area (Å²) in [6.07, 6.45) is 3.57. The third-order valence-corrected chi connectivity index (χ3v) is 4.25. The van der Waals surface area contributed by atoms with Crippen LogP contribution in [0.4, 0.5) is 0 Å². The zero-order valence-corrected chi connectivity index (χ0v) is 16.3. The lowest BCUT2D eigenvalue weighted by Crippen LogP contribution is -2.29. The Morgan fingerprint density at radius 3 is 2.76 bits per heavy atom. The molecular formula is C17H24Cl2N4O2. The average molecular weight is 387 g/mol. The quantitative estimate of drug-likeness (QED) is 0.843. The summed E-state index contributed by atoms with van der Waals surface area (Å²) in [5.74, 6) is 0.674. The molecule has 138 valence electrons. The van der Waals surface area contributed by atoms with Gasteiger partial charge in [0, 0.05) is 31.4 Å². The highest BCUT2D eigenvalue weighted by molar-refractivity contribution is 5.92. The molecule has 3 rings (SSSR count). The number of amides is 1. The van der Waals surface area contributed by atoms with Gasteiger partial charge in [0.25, 0.3) is 5.91 Å². The van der Waals surface area contributed by atoms with Gasteiger partial charge in [-0.3, -0.25) is 9.78 Å². The fourth-order valence-corrected chi connectivity index (χ4v) is 2.94. The van der Waals surface area contributed by atoms with Gasteiger partial charge >= 0.3 is 0 Å². The molecule has 0 aromatic carbocycles. The highest BCUT2D eigenvalue weighted by atomic mass is 35.5. The Hall–Kier alpha value is -1.63. The predicted molar refractivity (Wildman–Crippen MR) is 101 cm³/mol. The summed E-state index contributed by atoms with van der Waals surface area (Å²) in [5, 5.41) is 6.30. The van der Waals surface area contributed by atoms with E-state index < -0.39 is 0 Å². The maximum Gasteiger partial charge on any atom is 0.289 e. The number of nitrogens with zero attached hydrogens (tertiary/aromatic N) is 2. The molecule has 2 aromatic heterocycles. The van der Waals surface area contributed by atoms with Gasteiger partial charge in [-0.15, -0.1) is 24.8 Å². The number of oxazole rings is 1. The molecule has 6 nitrogen and oxygen atoms in total. The maximum absolute atomic E-state index is 12.4. The lowest BCUT2D eigenvalue weighted by molar-refractivity contribution is 0.0920. The number of rotatable bonds is 4. The first kappa shape index (κ1) is 21.4. The molecule has 0 radical (unpaired) electrons. The SMILES string of the molecule is CCc1nc(C)c(C(=O)NCc2c(C)ncc3c2CCNC3)o1.Cl.Cl. The van der Waals surface area contributed by atoms with Crippen LogP contribution in [0, 0.1) is 13.8 Å². The van der Waals surface area contributed by atoms with E-state index in [4.69, 9.17) is 4.42 Å². The van der Waals surface area contributed by atoms with Crippen molar-refractivity contribution in [2.24, 2.45) is 0 Å². The number of aromatic nitrogens is 2. The van der Waals surface area contributed by atoms with Crippen LogP contribution in [0.1, 0.15) is 51.4 Å². The smallest absolute Gasteiger partial charge is 0.289 e. The van der Waals surface area contributed by atoms with Crippen LogP contribution in [0.25, 0.3) is 0 Å². The van der Waals surface area contributed by atoms with Crippen LogP contribution in [0.5, 0.6) is 0 Å². The second-order valence-electron chi connectivity index (χ2n) is 5.81. The fraction of sp³-hybridized carbons (Fsp3) is 0.471. The Morgan fingerprint density at radius 2 is 2.08 bits per heavy atom. The van der Waals surface area contributed by atoms with Crippen molar-refractivity contribution >= 4 is 30.7 Å². The van der Waals surface area contributed by atoms with E-state index in [0.717, 1.165) is 30.8 Å². The number of fused-ring (bicyclic) bond motifs is 1. The van der Waals surface area contributed by atoms with E-state index >= 15 is 0 Å². The zero-order valence-electron chi connectivity index (χ0n) is 14.6. The molecule has 0 spiro atoms. The second kappa shape index (κ2) is 9.17. The minimum Gasteiger partial charge on any atom is -0.435 e. The molecule has 0 aliphatic carbocycles. The lowest BCUT2D eigenvalue weighted by Gasteiger charge is -2.21. The van der Waals surface area contributed by atoms with E-state index in [-0.39, 0.29) is 30.7 Å². The van der Waals surface area contributed by atoms with Gasteiger partial charge in [-0.05, 0) is 43.5 Å². The number of carbonyl (C=O) groups is 1.